The topological polar surface area (TPSA) is 44.5 Å². The second kappa shape index (κ2) is 4.29. The van der Waals surface area contributed by atoms with Crippen LogP contribution in [0, 0.1) is 0 Å². The summed E-state index contributed by atoms with van der Waals surface area (Å²) in [4.78, 5) is 0. The fraction of sp³-hybridized carbons (Fsp3) is 0.500. The molecular weight excluding hydrogens is 209 g/mol. The molecule has 0 fully saturated rings. The fourth-order valence-electron chi connectivity index (χ4n) is 1.83. The highest BCUT2D eigenvalue weighted by molar-refractivity contribution is 5.51. The Morgan fingerprint density at radius 3 is 2.75 bits per heavy atom. The first-order valence-electron chi connectivity index (χ1n) is 5.40. The maximum absolute atomic E-state index is 13.3. The third-order valence-electron chi connectivity index (χ3n) is 2.57. The van der Waals surface area contributed by atoms with Crippen LogP contribution in [0.25, 0.3) is 0 Å². The molecule has 3 nitrogen and oxygen atoms in total. The molecule has 1 aromatic carbocycles. The Kier molecular flexibility index (Phi) is 3.01. The van der Waals surface area contributed by atoms with Gasteiger partial charge in [-0.25, -0.2) is 4.39 Å². The van der Waals surface area contributed by atoms with Gasteiger partial charge in [-0.05, 0) is 38.0 Å². The maximum Gasteiger partial charge on any atom is 0.231 e. The molecule has 1 heterocycles. The minimum atomic E-state index is -1.01. The van der Waals surface area contributed by atoms with E-state index in [4.69, 9.17) is 15.2 Å². The van der Waals surface area contributed by atoms with Gasteiger partial charge in [0.05, 0.1) is 0 Å². The molecule has 0 aliphatic carbocycles. The van der Waals surface area contributed by atoms with E-state index in [9.17, 15) is 4.39 Å². The lowest BCUT2D eigenvalue weighted by molar-refractivity contribution is 0.173. The molecule has 1 aromatic rings. The summed E-state index contributed by atoms with van der Waals surface area (Å²) in [6.07, 6.45) is -0.354. The minimum Gasteiger partial charge on any atom is -0.454 e. The summed E-state index contributed by atoms with van der Waals surface area (Å²) in [5.74, 6) is 1.33. The first-order valence-corrected chi connectivity index (χ1v) is 5.40. The van der Waals surface area contributed by atoms with Crippen molar-refractivity contribution in [1.29, 1.82) is 0 Å². The molecule has 1 aliphatic heterocycles. The summed E-state index contributed by atoms with van der Waals surface area (Å²) in [6.45, 7) is 3.62. The zero-order chi connectivity index (χ0) is 11.7. The SMILES string of the molecule is CC(N)Cc1cc(C(C)F)cc2c1OCO2. The molecular formula is C12H16FNO2. The number of alkyl halides is 1. The smallest absolute Gasteiger partial charge is 0.231 e. The van der Waals surface area contributed by atoms with E-state index >= 15 is 0 Å². The summed E-state index contributed by atoms with van der Waals surface area (Å²) in [5.41, 5.74) is 7.29. The molecule has 2 rings (SSSR count). The van der Waals surface area contributed by atoms with Crippen molar-refractivity contribution in [2.24, 2.45) is 5.73 Å². The van der Waals surface area contributed by atoms with E-state index in [2.05, 4.69) is 0 Å². The van der Waals surface area contributed by atoms with Crippen molar-refractivity contribution < 1.29 is 13.9 Å². The van der Waals surface area contributed by atoms with Crippen molar-refractivity contribution in [1.82, 2.24) is 0 Å². The van der Waals surface area contributed by atoms with Gasteiger partial charge >= 0.3 is 0 Å². The second-order valence-corrected chi connectivity index (χ2v) is 4.21. The quantitative estimate of drug-likeness (QED) is 0.858. The first-order chi connectivity index (χ1) is 7.58. The van der Waals surface area contributed by atoms with E-state index in [0.29, 0.717) is 23.5 Å². The molecule has 2 N–H and O–H groups in total. The highest BCUT2D eigenvalue weighted by atomic mass is 19.1. The Bertz CT molecular complexity index is 391. The van der Waals surface area contributed by atoms with E-state index in [1.165, 1.54) is 6.92 Å². The lowest BCUT2D eigenvalue weighted by atomic mass is 10.0. The second-order valence-electron chi connectivity index (χ2n) is 4.21. The van der Waals surface area contributed by atoms with Crippen molar-refractivity contribution >= 4 is 0 Å². The van der Waals surface area contributed by atoms with Gasteiger partial charge in [-0.15, -0.1) is 0 Å². The highest BCUT2D eigenvalue weighted by Gasteiger charge is 2.21. The fourth-order valence-corrected chi connectivity index (χ4v) is 1.83. The van der Waals surface area contributed by atoms with Gasteiger partial charge in [0.2, 0.25) is 6.79 Å². The molecule has 0 saturated heterocycles. The number of ether oxygens (including phenoxy) is 2. The average Bonchev–Trinajstić information content (AvgIpc) is 2.64. The van der Waals surface area contributed by atoms with Gasteiger partial charge in [0, 0.05) is 11.6 Å². The first kappa shape index (κ1) is 11.2. The van der Waals surface area contributed by atoms with Crippen LogP contribution in [0.2, 0.25) is 0 Å². The summed E-state index contributed by atoms with van der Waals surface area (Å²) in [7, 11) is 0. The minimum absolute atomic E-state index is 0.0125. The van der Waals surface area contributed by atoms with E-state index in [1.807, 2.05) is 13.0 Å². The summed E-state index contributed by atoms with van der Waals surface area (Å²) < 4.78 is 23.9. The Morgan fingerprint density at radius 1 is 1.38 bits per heavy atom. The molecule has 88 valence electrons. The third kappa shape index (κ3) is 2.11. The molecule has 0 aromatic heterocycles. The summed E-state index contributed by atoms with van der Waals surface area (Å²) >= 11 is 0. The molecule has 2 unspecified atom stereocenters. The van der Waals surface area contributed by atoms with Crippen LogP contribution >= 0.6 is 0 Å². The van der Waals surface area contributed by atoms with Gasteiger partial charge in [0.1, 0.15) is 6.17 Å². The van der Waals surface area contributed by atoms with Crippen LogP contribution in [-0.2, 0) is 6.42 Å². The zero-order valence-corrected chi connectivity index (χ0v) is 9.50. The number of hydrogen-bond donors (Lipinski definition) is 1. The Morgan fingerprint density at radius 2 is 2.12 bits per heavy atom. The third-order valence-corrected chi connectivity index (χ3v) is 2.57. The highest BCUT2D eigenvalue weighted by Crippen LogP contribution is 2.39. The van der Waals surface area contributed by atoms with Gasteiger partial charge in [0.25, 0.3) is 0 Å². The molecule has 0 amide bonds. The lowest BCUT2D eigenvalue weighted by Crippen LogP contribution is -2.18. The van der Waals surface area contributed by atoms with E-state index < -0.39 is 6.17 Å². The summed E-state index contributed by atoms with van der Waals surface area (Å²) in [5, 5.41) is 0. The van der Waals surface area contributed by atoms with Crippen LogP contribution in [0.4, 0.5) is 4.39 Å². The maximum atomic E-state index is 13.3. The predicted molar refractivity (Wildman–Crippen MR) is 59.4 cm³/mol. The number of rotatable bonds is 3. The standard InChI is InChI=1S/C12H16FNO2/c1-7(14)3-10-4-9(8(2)13)5-11-12(10)16-6-15-11/h4-5,7-8H,3,6,14H2,1-2H3. The Balaban J connectivity index is 2.41. The number of nitrogens with two attached hydrogens (primary N) is 1. The molecule has 0 bridgehead atoms. The van der Waals surface area contributed by atoms with Crippen LogP contribution < -0.4 is 15.2 Å². The van der Waals surface area contributed by atoms with Crippen LogP contribution in [-0.4, -0.2) is 12.8 Å². The average molecular weight is 225 g/mol. The van der Waals surface area contributed by atoms with Gasteiger partial charge in [0.15, 0.2) is 11.5 Å². The van der Waals surface area contributed by atoms with Crippen LogP contribution in [0.3, 0.4) is 0 Å². The van der Waals surface area contributed by atoms with E-state index in [1.54, 1.807) is 6.07 Å². The van der Waals surface area contributed by atoms with Crippen LogP contribution in [0.1, 0.15) is 31.1 Å². The van der Waals surface area contributed by atoms with Crippen molar-refractivity contribution in [3.8, 4) is 11.5 Å². The zero-order valence-electron chi connectivity index (χ0n) is 9.50. The normalized spacial score (nSPS) is 17.2. The van der Waals surface area contributed by atoms with E-state index in [-0.39, 0.29) is 12.8 Å². The van der Waals surface area contributed by atoms with Crippen LogP contribution in [0.15, 0.2) is 12.1 Å². The molecule has 1 aliphatic rings. The molecule has 4 heteroatoms. The monoisotopic (exact) mass is 225 g/mol. The van der Waals surface area contributed by atoms with Gasteiger partial charge < -0.3 is 15.2 Å². The Hall–Kier alpha value is -1.29. The molecule has 0 radical (unpaired) electrons. The lowest BCUT2D eigenvalue weighted by Gasteiger charge is -2.11. The predicted octanol–water partition coefficient (Wildman–Crippen LogP) is 2.34. The van der Waals surface area contributed by atoms with E-state index in [0.717, 1.165) is 5.56 Å². The van der Waals surface area contributed by atoms with Crippen molar-refractivity contribution in [2.75, 3.05) is 6.79 Å². The van der Waals surface area contributed by atoms with Crippen molar-refractivity contribution in [3.63, 3.8) is 0 Å². The number of benzene rings is 1. The van der Waals surface area contributed by atoms with Crippen molar-refractivity contribution in [2.45, 2.75) is 32.5 Å². The largest absolute Gasteiger partial charge is 0.454 e. The number of halogens is 1. The van der Waals surface area contributed by atoms with Gasteiger partial charge in [-0.1, -0.05) is 0 Å². The summed E-state index contributed by atoms with van der Waals surface area (Å²) in [6, 6.07) is 3.51. The number of fused-ring (bicyclic) bond motifs is 1. The van der Waals surface area contributed by atoms with Gasteiger partial charge in [-0.3, -0.25) is 0 Å². The molecule has 0 spiro atoms. The van der Waals surface area contributed by atoms with Crippen LogP contribution in [0.5, 0.6) is 11.5 Å². The van der Waals surface area contributed by atoms with Gasteiger partial charge in [-0.2, -0.15) is 0 Å². The van der Waals surface area contributed by atoms with Crippen molar-refractivity contribution in [3.05, 3.63) is 23.3 Å². The molecule has 0 saturated carbocycles. The molecule has 16 heavy (non-hydrogen) atoms. The number of hydrogen-bond acceptors (Lipinski definition) is 3. The Labute approximate surface area is 94.3 Å². The molecule has 2 atom stereocenters.